The van der Waals surface area contributed by atoms with E-state index in [0.29, 0.717) is 5.41 Å². The van der Waals surface area contributed by atoms with Gasteiger partial charge in [0.05, 0.1) is 0 Å². The predicted molar refractivity (Wildman–Crippen MR) is 87.1 cm³/mol. The molecule has 0 bridgehead atoms. The van der Waals surface area contributed by atoms with Crippen LogP contribution in [0.1, 0.15) is 52.4 Å². The molecule has 112 valence electrons. The van der Waals surface area contributed by atoms with Crippen LogP contribution in [0.25, 0.3) is 0 Å². The average molecular weight is 285 g/mol. The molecule has 0 radical (unpaired) electrons. The molecule has 2 fully saturated rings. The van der Waals surface area contributed by atoms with Gasteiger partial charge in [0.15, 0.2) is 0 Å². The summed E-state index contributed by atoms with van der Waals surface area (Å²) in [7, 11) is 0. The Morgan fingerprint density at radius 2 is 1.84 bits per heavy atom. The molecule has 2 aliphatic heterocycles. The maximum atomic E-state index is 4.71. The smallest absolute Gasteiger partial charge is 0.0224 e. The highest BCUT2D eigenvalue weighted by atomic mass is 32.1. The standard InChI is InChI=1S/C16H32N2S/c1-3-7-16(14-19,8-4-2)13-17-10-11-18-9-5-6-15(18)12-17/h15,19H,3-14H2,1-2H3. The largest absolute Gasteiger partial charge is 0.300 e. The molecule has 0 amide bonds. The second kappa shape index (κ2) is 7.33. The topological polar surface area (TPSA) is 6.48 Å². The van der Waals surface area contributed by atoms with Crippen LogP contribution >= 0.6 is 12.6 Å². The Morgan fingerprint density at radius 1 is 1.11 bits per heavy atom. The van der Waals surface area contributed by atoms with Gasteiger partial charge >= 0.3 is 0 Å². The lowest BCUT2D eigenvalue weighted by Gasteiger charge is -2.43. The summed E-state index contributed by atoms with van der Waals surface area (Å²) in [6.45, 7) is 11.2. The number of hydrogen-bond acceptors (Lipinski definition) is 3. The van der Waals surface area contributed by atoms with E-state index in [1.807, 2.05) is 0 Å². The first-order chi connectivity index (χ1) is 9.23. The minimum absolute atomic E-state index is 0.466. The summed E-state index contributed by atoms with van der Waals surface area (Å²) in [6.07, 6.45) is 8.12. The van der Waals surface area contributed by atoms with Crippen LogP contribution in [0.5, 0.6) is 0 Å². The average Bonchev–Trinajstić information content (AvgIpc) is 2.86. The molecule has 0 spiro atoms. The van der Waals surface area contributed by atoms with Crippen molar-refractivity contribution in [3.8, 4) is 0 Å². The van der Waals surface area contributed by atoms with E-state index >= 15 is 0 Å². The number of nitrogens with zero attached hydrogens (tertiary/aromatic N) is 2. The molecule has 19 heavy (non-hydrogen) atoms. The first-order valence-electron chi connectivity index (χ1n) is 8.30. The van der Waals surface area contributed by atoms with Crippen molar-refractivity contribution in [2.45, 2.75) is 58.4 Å². The van der Waals surface area contributed by atoms with Gasteiger partial charge in [-0.25, -0.2) is 0 Å². The van der Waals surface area contributed by atoms with Gasteiger partial charge in [0, 0.05) is 32.2 Å². The van der Waals surface area contributed by atoms with Crippen LogP contribution in [-0.4, -0.2) is 54.3 Å². The van der Waals surface area contributed by atoms with E-state index in [9.17, 15) is 0 Å². The highest BCUT2D eigenvalue weighted by Crippen LogP contribution is 2.33. The molecule has 3 heteroatoms. The van der Waals surface area contributed by atoms with Gasteiger partial charge in [-0.2, -0.15) is 12.6 Å². The lowest BCUT2D eigenvalue weighted by Crippen LogP contribution is -2.53. The minimum Gasteiger partial charge on any atom is -0.300 e. The molecule has 0 saturated carbocycles. The number of piperazine rings is 1. The summed E-state index contributed by atoms with van der Waals surface area (Å²) in [5, 5.41) is 0. The fourth-order valence-electron chi connectivity index (χ4n) is 4.23. The van der Waals surface area contributed by atoms with Crippen molar-refractivity contribution in [3.63, 3.8) is 0 Å². The van der Waals surface area contributed by atoms with Gasteiger partial charge in [0.1, 0.15) is 0 Å². The maximum Gasteiger partial charge on any atom is 0.0224 e. The van der Waals surface area contributed by atoms with Gasteiger partial charge in [-0.3, -0.25) is 9.80 Å². The SMILES string of the molecule is CCCC(CS)(CCC)CN1CCN2CCCC2C1. The van der Waals surface area contributed by atoms with Crippen molar-refractivity contribution < 1.29 is 0 Å². The molecule has 2 saturated heterocycles. The lowest BCUT2D eigenvalue weighted by molar-refractivity contribution is 0.0643. The molecule has 2 aliphatic rings. The normalized spacial score (nSPS) is 25.7. The third-order valence-corrected chi connectivity index (χ3v) is 5.80. The van der Waals surface area contributed by atoms with Gasteiger partial charge in [-0.05, 0) is 43.4 Å². The monoisotopic (exact) mass is 284 g/mol. The Hall–Kier alpha value is 0.270. The van der Waals surface area contributed by atoms with E-state index in [4.69, 9.17) is 12.6 Å². The first kappa shape index (κ1) is 15.7. The van der Waals surface area contributed by atoms with Crippen LogP contribution in [0.2, 0.25) is 0 Å². The van der Waals surface area contributed by atoms with E-state index in [1.54, 1.807) is 0 Å². The van der Waals surface area contributed by atoms with E-state index in [0.717, 1.165) is 11.8 Å². The molecular weight excluding hydrogens is 252 g/mol. The Morgan fingerprint density at radius 3 is 2.47 bits per heavy atom. The zero-order valence-corrected chi connectivity index (χ0v) is 13.8. The van der Waals surface area contributed by atoms with Crippen molar-refractivity contribution in [2.24, 2.45) is 5.41 Å². The van der Waals surface area contributed by atoms with Gasteiger partial charge in [0.25, 0.3) is 0 Å². The summed E-state index contributed by atoms with van der Waals surface area (Å²) >= 11 is 4.71. The fraction of sp³-hybridized carbons (Fsp3) is 1.00. The van der Waals surface area contributed by atoms with Crippen LogP contribution in [0.4, 0.5) is 0 Å². The molecule has 2 rings (SSSR count). The van der Waals surface area contributed by atoms with Crippen molar-refractivity contribution in [3.05, 3.63) is 0 Å². The molecule has 0 N–H and O–H groups in total. The van der Waals surface area contributed by atoms with Crippen molar-refractivity contribution in [1.29, 1.82) is 0 Å². The molecule has 1 unspecified atom stereocenters. The third kappa shape index (κ3) is 3.89. The van der Waals surface area contributed by atoms with E-state index < -0.39 is 0 Å². The highest BCUT2D eigenvalue weighted by Gasteiger charge is 2.35. The first-order valence-corrected chi connectivity index (χ1v) is 8.93. The van der Waals surface area contributed by atoms with Gasteiger partial charge in [0.2, 0.25) is 0 Å². The molecule has 0 aromatic carbocycles. The quantitative estimate of drug-likeness (QED) is 0.717. The second-order valence-corrected chi connectivity index (χ2v) is 7.04. The molecular formula is C16H32N2S. The summed E-state index contributed by atoms with van der Waals surface area (Å²) in [5.74, 6) is 1.06. The molecule has 2 nitrogen and oxygen atoms in total. The van der Waals surface area contributed by atoms with E-state index in [-0.39, 0.29) is 0 Å². The Balaban J connectivity index is 1.92. The second-order valence-electron chi connectivity index (χ2n) is 6.73. The number of fused-ring (bicyclic) bond motifs is 1. The van der Waals surface area contributed by atoms with Crippen LogP contribution in [-0.2, 0) is 0 Å². The van der Waals surface area contributed by atoms with Crippen LogP contribution in [0, 0.1) is 5.41 Å². The highest BCUT2D eigenvalue weighted by molar-refractivity contribution is 7.80. The van der Waals surface area contributed by atoms with Crippen LogP contribution in [0.3, 0.4) is 0 Å². The summed E-state index contributed by atoms with van der Waals surface area (Å²) in [6, 6.07) is 0.856. The van der Waals surface area contributed by atoms with Gasteiger partial charge in [-0.1, -0.05) is 26.7 Å². The van der Waals surface area contributed by atoms with Crippen LogP contribution < -0.4 is 0 Å². The van der Waals surface area contributed by atoms with E-state index in [2.05, 4.69) is 23.6 Å². The Bertz CT molecular complexity index is 263. The molecule has 2 heterocycles. The number of rotatable bonds is 7. The van der Waals surface area contributed by atoms with Gasteiger partial charge < -0.3 is 0 Å². The maximum absolute atomic E-state index is 4.71. The summed E-state index contributed by atoms with van der Waals surface area (Å²) < 4.78 is 0. The fourth-order valence-corrected chi connectivity index (χ4v) is 4.64. The number of thiol groups is 1. The molecule has 0 aromatic heterocycles. The van der Waals surface area contributed by atoms with Gasteiger partial charge in [-0.15, -0.1) is 0 Å². The zero-order valence-electron chi connectivity index (χ0n) is 12.9. The Labute approximate surface area is 125 Å². The molecule has 0 aliphatic carbocycles. The molecule has 1 atom stereocenters. The minimum atomic E-state index is 0.466. The van der Waals surface area contributed by atoms with Crippen molar-refractivity contribution in [2.75, 3.05) is 38.5 Å². The van der Waals surface area contributed by atoms with Crippen molar-refractivity contribution >= 4 is 12.6 Å². The lowest BCUT2D eigenvalue weighted by atomic mass is 9.80. The third-order valence-electron chi connectivity index (χ3n) is 5.13. The molecule has 0 aromatic rings. The summed E-state index contributed by atoms with van der Waals surface area (Å²) in [4.78, 5) is 5.45. The summed E-state index contributed by atoms with van der Waals surface area (Å²) in [5.41, 5.74) is 0.466. The van der Waals surface area contributed by atoms with Crippen LogP contribution in [0.15, 0.2) is 0 Å². The zero-order chi connectivity index (χ0) is 13.7. The van der Waals surface area contributed by atoms with Crippen molar-refractivity contribution in [1.82, 2.24) is 9.80 Å². The van der Waals surface area contributed by atoms with E-state index in [1.165, 1.54) is 71.2 Å². The Kier molecular flexibility index (Phi) is 6.04. The number of hydrogen-bond donors (Lipinski definition) is 1. The predicted octanol–water partition coefficient (Wildman–Crippen LogP) is 3.28.